The summed E-state index contributed by atoms with van der Waals surface area (Å²) in [5.41, 5.74) is -1.11. The fourth-order valence-corrected chi connectivity index (χ4v) is 2.80. The Morgan fingerprint density at radius 2 is 1.41 bits per heavy atom. The van der Waals surface area contributed by atoms with E-state index < -0.39 is 29.2 Å². The number of nitrogens with one attached hydrogen (secondary N) is 2. The number of hydrogen-bond acceptors (Lipinski definition) is 2. The van der Waals surface area contributed by atoms with Gasteiger partial charge in [-0.1, -0.05) is 38.5 Å². The summed E-state index contributed by atoms with van der Waals surface area (Å²) in [6.07, 6.45) is 3.20. The molecule has 8 heteroatoms. The number of urea groups is 1. The second-order valence-corrected chi connectivity index (χ2v) is 7.87. The van der Waals surface area contributed by atoms with Crippen molar-refractivity contribution in [2.24, 2.45) is 5.41 Å². The van der Waals surface area contributed by atoms with Crippen LogP contribution in [0.1, 0.15) is 70.8 Å². The number of carboxylic acid groups (broad SMARTS) is 1. The first kappa shape index (κ1) is 24.8. The standard InChI is InChI=1S/C21H31F3N2O3/c1-20(2,18(27)28)14-8-6-4-3-5-7-9-15-25-19(29)26-17-12-10-16(11-13-17)21(22,23)24/h10-13H,3-9,14-15H2,1-2H3,(H,27,28)(H2,25,26,29). The minimum atomic E-state index is -4.39. The minimum Gasteiger partial charge on any atom is -0.481 e. The molecule has 0 aliphatic carbocycles. The average molecular weight is 416 g/mol. The Labute approximate surface area is 170 Å². The van der Waals surface area contributed by atoms with E-state index in [1.54, 1.807) is 13.8 Å². The van der Waals surface area contributed by atoms with Gasteiger partial charge < -0.3 is 15.7 Å². The molecule has 5 nitrogen and oxygen atoms in total. The predicted octanol–water partition coefficient (Wildman–Crippen LogP) is 6.06. The van der Waals surface area contributed by atoms with Gasteiger partial charge >= 0.3 is 18.2 Å². The molecule has 164 valence electrons. The highest BCUT2D eigenvalue weighted by Crippen LogP contribution is 2.29. The molecule has 0 aromatic heterocycles. The number of aliphatic carboxylic acids is 1. The highest BCUT2D eigenvalue weighted by molar-refractivity contribution is 5.89. The van der Waals surface area contributed by atoms with Crippen LogP contribution in [0.25, 0.3) is 0 Å². The molecular weight excluding hydrogens is 385 g/mol. The lowest BCUT2D eigenvalue weighted by atomic mass is 9.87. The Morgan fingerprint density at radius 1 is 0.897 bits per heavy atom. The third kappa shape index (κ3) is 10.2. The SMILES string of the molecule is CC(C)(CCCCCCCCCNC(=O)Nc1ccc(C(F)(F)F)cc1)C(=O)O. The maximum absolute atomic E-state index is 12.5. The monoisotopic (exact) mass is 416 g/mol. The Kier molecular flexibility index (Phi) is 9.98. The Morgan fingerprint density at radius 3 is 1.93 bits per heavy atom. The van der Waals surface area contributed by atoms with E-state index in [9.17, 15) is 22.8 Å². The van der Waals surface area contributed by atoms with Crippen molar-refractivity contribution in [2.75, 3.05) is 11.9 Å². The molecule has 0 unspecified atom stereocenters. The fraction of sp³-hybridized carbons (Fsp3) is 0.619. The number of anilines is 1. The molecule has 0 saturated heterocycles. The molecule has 0 aliphatic heterocycles. The Hall–Kier alpha value is -2.25. The van der Waals surface area contributed by atoms with Crippen molar-refractivity contribution < 1.29 is 27.9 Å². The quantitative estimate of drug-likeness (QED) is 0.363. The van der Waals surface area contributed by atoms with E-state index >= 15 is 0 Å². The number of carboxylic acids is 1. The van der Waals surface area contributed by atoms with Crippen LogP contribution in [0.4, 0.5) is 23.7 Å². The normalized spacial score (nSPS) is 11.9. The van der Waals surface area contributed by atoms with E-state index in [1.807, 2.05) is 0 Å². The lowest BCUT2D eigenvalue weighted by Gasteiger charge is -2.18. The van der Waals surface area contributed by atoms with Gasteiger partial charge in [-0.25, -0.2) is 4.79 Å². The van der Waals surface area contributed by atoms with Crippen molar-refractivity contribution in [1.82, 2.24) is 5.32 Å². The number of benzene rings is 1. The van der Waals surface area contributed by atoms with Crippen LogP contribution in [0.2, 0.25) is 0 Å². The van der Waals surface area contributed by atoms with E-state index in [2.05, 4.69) is 10.6 Å². The third-order valence-corrected chi connectivity index (χ3v) is 4.81. The van der Waals surface area contributed by atoms with E-state index in [0.717, 1.165) is 57.1 Å². The lowest BCUT2D eigenvalue weighted by molar-refractivity contribution is -0.147. The first-order valence-corrected chi connectivity index (χ1v) is 9.98. The van der Waals surface area contributed by atoms with E-state index in [0.29, 0.717) is 18.7 Å². The predicted molar refractivity (Wildman–Crippen MR) is 107 cm³/mol. The topological polar surface area (TPSA) is 78.4 Å². The number of unbranched alkanes of at least 4 members (excludes halogenated alkanes) is 6. The van der Waals surface area contributed by atoms with Gasteiger partial charge in [0.2, 0.25) is 0 Å². The van der Waals surface area contributed by atoms with Crippen LogP contribution in [0.3, 0.4) is 0 Å². The molecule has 0 atom stereocenters. The second-order valence-electron chi connectivity index (χ2n) is 7.87. The van der Waals surface area contributed by atoms with Crippen LogP contribution in [0.5, 0.6) is 0 Å². The molecule has 0 spiro atoms. The summed E-state index contributed by atoms with van der Waals surface area (Å²) in [5.74, 6) is -0.757. The molecule has 0 radical (unpaired) electrons. The van der Waals surface area contributed by atoms with Crippen molar-refractivity contribution >= 4 is 17.7 Å². The number of amides is 2. The summed E-state index contributed by atoms with van der Waals surface area (Å²) in [7, 11) is 0. The fourth-order valence-electron chi connectivity index (χ4n) is 2.80. The number of hydrogen-bond donors (Lipinski definition) is 3. The zero-order valence-corrected chi connectivity index (χ0v) is 17.1. The van der Waals surface area contributed by atoms with Gasteiger partial charge in [0.25, 0.3) is 0 Å². The van der Waals surface area contributed by atoms with E-state index in [4.69, 9.17) is 5.11 Å². The Bertz CT molecular complexity index is 644. The number of carbonyl (C=O) groups is 2. The molecule has 0 saturated carbocycles. The first-order valence-electron chi connectivity index (χ1n) is 9.98. The van der Waals surface area contributed by atoms with Crippen LogP contribution < -0.4 is 10.6 Å². The highest BCUT2D eigenvalue weighted by Gasteiger charge is 2.30. The van der Waals surface area contributed by atoms with Gasteiger partial charge in [0.15, 0.2) is 0 Å². The highest BCUT2D eigenvalue weighted by atomic mass is 19.4. The van der Waals surface area contributed by atoms with Crippen molar-refractivity contribution in [1.29, 1.82) is 0 Å². The van der Waals surface area contributed by atoms with Crippen molar-refractivity contribution in [3.8, 4) is 0 Å². The van der Waals surface area contributed by atoms with Gasteiger partial charge in [0.05, 0.1) is 11.0 Å². The summed E-state index contributed by atoms with van der Waals surface area (Å²) in [6, 6.07) is 3.86. The molecule has 2 amide bonds. The molecule has 1 aromatic carbocycles. The largest absolute Gasteiger partial charge is 0.481 e. The van der Waals surface area contributed by atoms with Gasteiger partial charge in [-0.2, -0.15) is 13.2 Å². The van der Waals surface area contributed by atoms with Crippen LogP contribution >= 0.6 is 0 Å². The van der Waals surface area contributed by atoms with Gasteiger partial charge in [-0.05, 0) is 51.0 Å². The molecule has 0 heterocycles. The summed E-state index contributed by atoms with van der Waals surface area (Å²) >= 11 is 0. The molecular formula is C21H31F3N2O3. The first-order chi connectivity index (χ1) is 13.5. The average Bonchev–Trinajstić information content (AvgIpc) is 2.62. The number of alkyl halides is 3. The number of halogens is 3. The molecule has 29 heavy (non-hydrogen) atoms. The Balaban J connectivity index is 2.05. The summed E-state index contributed by atoms with van der Waals surface area (Å²) in [5, 5.41) is 14.2. The maximum Gasteiger partial charge on any atom is 0.416 e. The minimum absolute atomic E-state index is 0.307. The zero-order valence-electron chi connectivity index (χ0n) is 17.1. The summed E-state index contributed by atoms with van der Waals surface area (Å²) < 4.78 is 37.5. The maximum atomic E-state index is 12.5. The van der Waals surface area contributed by atoms with E-state index in [1.165, 1.54) is 12.1 Å². The van der Waals surface area contributed by atoms with Crippen molar-refractivity contribution in [2.45, 2.75) is 71.4 Å². The van der Waals surface area contributed by atoms with Gasteiger partial charge in [-0.3, -0.25) is 4.79 Å². The molecule has 0 fully saturated rings. The molecule has 3 N–H and O–H groups in total. The van der Waals surface area contributed by atoms with Crippen LogP contribution in [-0.2, 0) is 11.0 Å². The smallest absolute Gasteiger partial charge is 0.416 e. The van der Waals surface area contributed by atoms with Gasteiger partial charge in [0.1, 0.15) is 0 Å². The van der Waals surface area contributed by atoms with Gasteiger partial charge in [-0.15, -0.1) is 0 Å². The van der Waals surface area contributed by atoms with E-state index in [-0.39, 0.29) is 0 Å². The second kappa shape index (κ2) is 11.7. The lowest BCUT2D eigenvalue weighted by Crippen LogP contribution is -2.29. The molecule has 1 aromatic rings. The van der Waals surface area contributed by atoms with Crippen LogP contribution in [0.15, 0.2) is 24.3 Å². The van der Waals surface area contributed by atoms with Crippen molar-refractivity contribution in [3.05, 3.63) is 29.8 Å². The number of rotatable bonds is 12. The van der Waals surface area contributed by atoms with Gasteiger partial charge in [0, 0.05) is 12.2 Å². The number of carbonyl (C=O) groups excluding carboxylic acids is 1. The van der Waals surface area contributed by atoms with Crippen LogP contribution in [-0.4, -0.2) is 23.7 Å². The molecule has 0 aliphatic rings. The van der Waals surface area contributed by atoms with Crippen LogP contribution in [0, 0.1) is 5.41 Å². The summed E-state index contributed by atoms with van der Waals surface area (Å²) in [6.45, 7) is 3.99. The molecule has 1 rings (SSSR count). The summed E-state index contributed by atoms with van der Waals surface area (Å²) in [4.78, 5) is 22.8. The zero-order chi connectivity index (χ0) is 21.9. The third-order valence-electron chi connectivity index (χ3n) is 4.81. The van der Waals surface area contributed by atoms with Crippen molar-refractivity contribution in [3.63, 3.8) is 0 Å². The molecule has 0 bridgehead atoms.